The first kappa shape index (κ1) is 11.2. The van der Waals surface area contributed by atoms with Crippen molar-refractivity contribution < 1.29 is 0 Å². The zero-order valence-electron chi connectivity index (χ0n) is 7.16. The summed E-state index contributed by atoms with van der Waals surface area (Å²) in [5.41, 5.74) is 0. The van der Waals surface area contributed by atoms with Crippen LogP contribution in [0.5, 0.6) is 0 Å². The maximum atomic E-state index is 6.14. The molecule has 4 heteroatoms. The molecule has 72 valence electrons. The monoisotopic (exact) mass is 244 g/mol. The van der Waals surface area contributed by atoms with Crippen LogP contribution in [0.2, 0.25) is 5.04 Å². The van der Waals surface area contributed by atoms with Gasteiger partial charge in [0.2, 0.25) is 7.42 Å². The van der Waals surface area contributed by atoms with Gasteiger partial charge in [-0.25, -0.2) is 0 Å². The van der Waals surface area contributed by atoms with Gasteiger partial charge in [0, 0.05) is 5.88 Å². The SMILES string of the molecule is ClCCC1([SiH](Cl)Cl)CCCCC1. The van der Waals surface area contributed by atoms with Crippen LogP contribution in [0.4, 0.5) is 0 Å². The van der Waals surface area contributed by atoms with E-state index in [2.05, 4.69) is 0 Å². The van der Waals surface area contributed by atoms with Crippen molar-refractivity contribution >= 4 is 41.2 Å². The predicted octanol–water partition coefficient (Wildman–Crippen LogP) is 4.02. The highest BCUT2D eigenvalue weighted by molar-refractivity contribution is 7.35. The lowest BCUT2D eigenvalue weighted by Crippen LogP contribution is -2.27. The van der Waals surface area contributed by atoms with Crippen molar-refractivity contribution in [3.63, 3.8) is 0 Å². The van der Waals surface area contributed by atoms with E-state index in [0.717, 1.165) is 6.42 Å². The zero-order valence-corrected chi connectivity index (χ0v) is 10.6. The quantitative estimate of drug-likeness (QED) is 0.400. The van der Waals surface area contributed by atoms with Crippen molar-refractivity contribution in [2.24, 2.45) is 0 Å². The third-order valence-corrected chi connectivity index (χ3v) is 7.66. The Kier molecular flexibility index (Phi) is 4.73. The number of halogens is 3. The van der Waals surface area contributed by atoms with E-state index >= 15 is 0 Å². The summed E-state index contributed by atoms with van der Waals surface area (Å²) in [7, 11) is -1.55. The van der Waals surface area contributed by atoms with Gasteiger partial charge >= 0.3 is 0 Å². The Morgan fingerprint density at radius 2 is 1.67 bits per heavy atom. The minimum Gasteiger partial charge on any atom is -0.150 e. The van der Waals surface area contributed by atoms with Gasteiger partial charge in [0.05, 0.1) is 0 Å². The first-order chi connectivity index (χ1) is 5.71. The van der Waals surface area contributed by atoms with Crippen LogP contribution in [-0.4, -0.2) is 13.3 Å². The molecule has 0 spiro atoms. The minimum atomic E-state index is -1.55. The molecule has 12 heavy (non-hydrogen) atoms. The fourth-order valence-electron chi connectivity index (χ4n) is 2.02. The van der Waals surface area contributed by atoms with Gasteiger partial charge in [-0.05, 0) is 24.3 Å². The Morgan fingerprint density at radius 1 is 1.08 bits per heavy atom. The molecule has 1 rings (SSSR count). The number of hydrogen-bond donors (Lipinski definition) is 0. The zero-order chi connectivity index (χ0) is 9.03. The molecule has 0 aromatic rings. The number of rotatable bonds is 3. The fourth-order valence-corrected chi connectivity index (χ4v) is 5.75. The summed E-state index contributed by atoms with van der Waals surface area (Å²) in [5, 5.41) is 0.267. The topological polar surface area (TPSA) is 0 Å². The summed E-state index contributed by atoms with van der Waals surface area (Å²) in [6.45, 7) is 0. The maximum absolute atomic E-state index is 6.14. The molecule has 0 amide bonds. The highest BCUT2D eigenvalue weighted by Gasteiger charge is 2.38. The third-order valence-electron chi connectivity index (χ3n) is 2.90. The second-order valence-corrected chi connectivity index (χ2v) is 9.16. The molecule has 0 bridgehead atoms. The highest BCUT2D eigenvalue weighted by atomic mass is 35.7. The highest BCUT2D eigenvalue weighted by Crippen LogP contribution is 2.50. The molecule has 1 aliphatic carbocycles. The van der Waals surface area contributed by atoms with Gasteiger partial charge < -0.3 is 0 Å². The normalized spacial score (nSPS) is 23.0. The van der Waals surface area contributed by atoms with Crippen molar-refractivity contribution in [2.45, 2.75) is 43.6 Å². The van der Waals surface area contributed by atoms with Gasteiger partial charge in [-0.15, -0.1) is 33.8 Å². The largest absolute Gasteiger partial charge is 0.243 e. The van der Waals surface area contributed by atoms with Gasteiger partial charge in [0.1, 0.15) is 0 Å². The molecule has 0 unspecified atom stereocenters. The predicted molar refractivity (Wildman–Crippen MR) is 60.0 cm³/mol. The number of hydrogen-bond acceptors (Lipinski definition) is 0. The van der Waals surface area contributed by atoms with Crippen molar-refractivity contribution in [3.05, 3.63) is 0 Å². The lowest BCUT2D eigenvalue weighted by molar-refractivity contribution is 0.367. The molecule has 0 N–H and O–H groups in total. The summed E-state index contributed by atoms with van der Waals surface area (Å²) in [5.74, 6) is 0.711. The van der Waals surface area contributed by atoms with E-state index in [0.29, 0.717) is 5.88 Å². The second kappa shape index (κ2) is 5.09. The molecule has 0 radical (unpaired) electrons. The van der Waals surface area contributed by atoms with Gasteiger partial charge in [-0.1, -0.05) is 19.3 Å². The van der Waals surface area contributed by atoms with Crippen molar-refractivity contribution in [1.29, 1.82) is 0 Å². The van der Waals surface area contributed by atoms with Crippen LogP contribution in [0.25, 0.3) is 0 Å². The van der Waals surface area contributed by atoms with Crippen LogP contribution in [-0.2, 0) is 0 Å². The van der Waals surface area contributed by atoms with Gasteiger partial charge in [-0.3, -0.25) is 0 Å². The average molecular weight is 246 g/mol. The minimum absolute atomic E-state index is 0.267. The van der Waals surface area contributed by atoms with E-state index in [4.69, 9.17) is 33.8 Å². The Labute approximate surface area is 90.6 Å². The summed E-state index contributed by atoms with van der Waals surface area (Å²) in [4.78, 5) is 0. The smallest absolute Gasteiger partial charge is 0.150 e. The van der Waals surface area contributed by atoms with Crippen LogP contribution >= 0.6 is 33.8 Å². The molecule has 0 heterocycles. The molecule has 0 nitrogen and oxygen atoms in total. The molecule has 0 aromatic carbocycles. The lowest BCUT2D eigenvalue weighted by Gasteiger charge is -2.37. The molecule has 0 aliphatic heterocycles. The molecule has 1 fully saturated rings. The fraction of sp³-hybridized carbons (Fsp3) is 1.00. The van der Waals surface area contributed by atoms with Crippen LogP contribution in [0.1, 0.15) is 38.5 Å². The Bertz CT molecular complexity index is 127. The van der Waals surface area contributed by atoms with Gasteiger partial charge in [-0.2, -0.15) is 0 Å². The van der Waals surface area contributed by atoms with E-state index in [-0.39, 0.29) is 5.04 Å². The Morgan fingerprint density at radius 3 is 2.08 bits per heavy atom. The molecule has 1 saturated carbocycles. The van der Waals surface area contributed by atoms with Crippen molar-refractivity contribution in [1.82, 2.24) is 0 Å². The summed E-state index contributed by atoms with van der Waals surface area (Å²) in [6, 6.07) is 0. The average Bonchev–Trinajstić information content (AvgIpc) is 2.06. The number of alkyl halides is 1. The van der Waals surface area contributed by atoms with E-state index in [1.165, 1.54) is 32.1 Å². The van der Waals surface area contributed by atoms with E-state index in [9.17, 15) is 0 Å². The molecular weight excluding hydrogens is 231 g/mol. The molecular formula is C8H15Cl3Si. The third kappa shape index (κ3) is 2.54. The van der Waals surface area contributed by atoms with E-state index in [1.54, 1.807) is 0 Å². The van der Waals surface area contributed by atoms with Crippen molar-refractivity contribution in [2.75, 3.05) is 5.88 Å². The Balaban J connectivity index is 2.56. The summed E-state index contributed by atoms with van der Waals surface area (Å²) in [6.07, 6.45) is 7.38. The Hall–Kier alpha value is 1.09. The van der Waals surface area contributed by atoms with Crippen LogP contribution in [0, 0.1) is 0 Å². The summed E-state index contributed by atoms with van der Waals surface area (Å²) >= 11 is 18.0. The van der Waals surface area contributed by atoms with Crippen LogP contribution in [0.3, 0.4) is 0 Å². The molecule has 0 aromatic heterocycles. The molecule has 0 atom stereocenters. The second-order valence-electron chi connectivity index (χ2n) is 3.66. The summed E-state index contributed by atoms with van der Waals surface area (Å²) < 4.78 is 0. The first-order valence-electron chi connectivity index (χ1n) is 4.55. The van der Waals surface area contributed by atoms with E-state index < -0.39 is 7.42 Å². The van der Waals surface area contributed by atoms with Gasteiger partial charge in [0.15, 0.2) is 0 Å². The lowest BCUT2D eigenvalue weighted by atomic mass is 9.86. The maximum Gasteiger partial charge on any atom is 0.243 e. The molecule has 0 saturated heterocycles. The van der Waals surface area contributed by atoms with Crippen molar-refractivity contribution in [3.8, 4) is 0 Å². The van der Waals surface area contributed by atoms with E-state index in [1.807, 2.05) is 0 Å². The van der Waals surface area contributed by atoms with Gasteiger partial charge in [0.25, 0.3) is 0 Å². The standard InChI is InChI=1S/C8H15Cl3Si/c9-7-6-8(12(10)11)4-2-1-3-5-8/h12H,1-7H2. The first-order valence-corrected chi connectivity index (χ1v) is 9.16. The van der Waals surface area contributed by atoms with Crippen LogP contribution < -0.4 is 0 Å². The molecule has 1 aliphatic rings. The van der Waals surface area contributed by atoms with Crippen LogP contribution in [0.15, 0.2) is 0 Å².